The van der Waals surface area contributed by atoms with E-state index < -0.39 is 0 Å². The monoisotopic (exact) mass is 263 g/mol. The van der Waals surface area contributed by atoms with Gasteiger partial charge in [-0.25, -0.2) is 0 Å². The summed E-state index contributed by atoms with van der Waals surface area (Å²) in [4.78, 5) is 4.62. The van der Waals surface area contributed by atoms with Gasteiger partial charge >= 0.3 is 0 Å². The van der Waals surface area contributed by atoms with Gasteiger partial charge in [-0.2, -0.15) is 0 Å². The Bertz CT molecular complexity index is 517. The van der Waals surface area contributed by atoms with E-state index in [0.29, 0.717) is 0 Å². The molecule has 0 aliphatic rings. The fourth-order valence-corrected chi connectivity index (χ4v) is 2.32. The average Bonchev–Trinajstić information content (AvgIpc) is 2.23. The van der Waals surface area contributed by atoms with Gasteiger partial charge < -0.3 is 0 Å². The highest BCUT2D eigenvalue weighted by Crippen LogP contribution is 2.25. The van der Waals surface area contributed by atoms with E-state index in [1.54, 1.807) is 0 Å². The number of hydrogen-bond acceptors (Lipinski definition) is 1. The molecule has 2 aromatic rings. The Morgan fingerprint density at radius 1 is 1.20 bits per heavy atom. The van der Waals surface area contributed by atoms with Crippen LogP contribution in [0, 0.1) is 20.8 Å². The molecule has 0 radical (unpaired) electrons. The van der Waals surface area contributed by atoms with Gasteiger partial charge in [0.25, 0.3) is 0 Å². The molecule has 0 bridgehead atoms. The number of nitrogens with zero attached hydrogens (tertiary/aromatic N) is 1. The number of pyridine rings is 1. The van der Waals surface area contributed by atoms with E-state index in [-0.39, 0.29) is 0 Å². The Balaban J connectivity index is 2.89. The number of rotatable bonds is 1. The molecule has 0 saturated heterocycles. The van der Waals surface area contributed by atoms with Gasteiger partial charge in [-0.15, -0.1) is 0 Å². The number of alkyl halides is 1. The lowest BCUT2D eigenvalue weighted by molar-refractivity contribution is 1.21. The van der Waals surface area contributed by atoms with Gasteiger partial charge in [0.1, 0.15) is 0 Å². The number of fused-ring (bicyclic) bond motifs is 1. The molecule has 1 nitrogen and oxygen atoms in total. The summed E-state index contributed by atoms with van der Waals surface area (Å²) >= 11 is 3.53. The minimum absolute atomic E-state index is 0.884. The molecule has 1 aromatic heterocycles. The van der Waals surface area contributed by atoms with Gasteiger partial charge in [0.2, 0.25) is 0 Å². The Kier molecular flexibility index (Phi) is 2.79. The first-order valence-electron chi connectivity index (χ1n) is 5.06. The van der Waals surface area contributed by atoms with Gasteiger partial charge in [0.15, 0.2) is 0 Å². The molecular formula is C13H14BrN. The zero-order valence-corrected chi connectivity index (χ0v) is 10.9. The van der Waals surface area contributed by atoms with E-state index in [4.69, 9.17) is 0 Å². The SMILES string of the molecule is Cc1cc(CBr)c2ccc(C)c(C)c2n1. The van der Waals surface area contributed by atoms with Gasteiger partial charge in [-0.1, -0.05) is 28.1 Å². The fourth-order valence-electron chi connectivity index (χ4n) is 1.85. The van der Waals surface area contributed by atoms with Crippen LogP contribution in [0.25, 0.3) is 10.9 Å². The molecule has 1 heterocycles. The van der Waals surface area contributed by atoms with Gasteiger partial charge in [-0.3, -0.25) is 4.98 Å². The number of aryl methyl sites for hydroxylation is 3. The summed E-state index contributed by atoms with van der Waals surface area (Å²) in [5.74, 6) is 0. The smallest absolute Gasteiger partial charge is 0.0740 e. The number of hydrogen-bond donors (Lipinski definition) is 0. The van der Waals surface area contributed by atoms with Gasteiger partial charge in [0, 0.05) is 16.4 Å². The van der Waals surface area contributed by atoms with E-state index in [1.807, 2.05) is 6.92 Å². The lowest BCUT2D eigenvalue weighted by atomic mass is 10.0. The predicted molar refractivity (Wildman–Crippen MR) is 68.6 cm³/mol. The highest BCUT2D eigenvalue weighted by atomic mass is 79.9. The summed E-state index contributed by atoms with van der Waals surface area (Å²) in [6.45, 7) is 6.32. The topological polar surface area (TPSA) is 12.9 Å². The van der Waals surface area contributed by atoms with E-state index in [9.17, 15) is 0 Å². The molecule has 0 unspecified atom stereocenters. The number of benzene rings is 1. The fraction of sp³-hybridized carbons (Fsp3) is 0.308. The average molecular weight is 264 g/mol. The normalized spacial score (nSPS) is 10.9. The molecule has 2 rings (SSSR count). The number of aromatic nitrogens is 1. The molecule has 0 amide bonds. The highest BCUT2D eigenvalue weighted by Gasteiger charge is 2.06. The number of halogens is 1. The van der Waals surface area contributed by atoms with Crippen LogP contribution >= 0.6 is 15.9 Å². The quantitative estimate of drug-likeness (QED) is 0.708. The highest BCUT2D eigenvalue weighted by molar-refractivity contribution is 9.08. The van der Waals surface area contributed by atoms with Crippen molar-refractivity contribution in [3.05, 3.63) is 40.6 Å². The van der Waals surface area contributed by atoms with Crippen molar-refractivity contribution in [3.63, 3.8) is 0 Å². The first-order chi connectivity index (χ1) is 7.13. The van der Waals surface area contributed by atoms with Gasteiger partial charge in [0.05, 0.1) is 5.52 Å². The minimum Gasteiger partial charge on any atom is -0.253 e. The molecule has 0 N–H and O–H groups in total. The molecular weight excluding hydrogens is 250 g/mol. The van der Waals surface area contributed by atoms with Crippen LogP contribution in [0.15, 0.2) is 18.2 Å². The van der Waals surface area contributed by atoms with Crippen molar-refractivity contribution in [1.29, 1.82) is 0 Å². The van der Waals surface area contributed by atoms with Crippen molar-refractivity contribution >= 4 is 26.8 Å². The third-order valence-corrected chi connectivity index (χ3v) is 3.47. The van der Waals surface area contributed by atoms with Crippen molar-refractivity contribution in [3.8, 4) is 0 Å². The maximum atomic E-state index is 4.62. The summed E-state index contributed by atoms with van der Waals surface area (Å²) in [6.07, 6.45) is 0. The zero-order chi connectivity index (χ0) is 11.0. The minimum atomic E-state index is 0.884. The van der Waals surface area contributed by atoms with Crippen molar-refractivity contribution in [1.82, 2.24) is 4.98 Å². The van der Waals surface area contributed by atoms with Crippen LogP contribution in [0.3, 0.4) is 0 Å². The maximum absolute atomic E-state index is 4.62. The van der Waals surface area contributed by atoms with Crippen LogP contribution in [0.2, 0.25) is 0 Å². The maximum Gasteiger partial charge on any atom is 0.0740 e. The van der Waals surface area contributed by atoms with Crippen LogP contribution in [-0.4, -0.2) is 4.98 Å². The molecule has 0 aliphatic carbocycles. The van der Waals surface area contributed by atoms with Crippen LogP contribution < -0.4 is 0 Å². The second-order valence-corrected chi connectivity index (χ2v) is 4.52. The Hall–Kier alpha value is -0.890. The van der Waals surface area contributed by atoms with Crippen LogP contribution in [0.1, 0.15) is 22.4 Å². The molecule has 1 aromatic carbocycles. The van der Waals surface area contributed by atoms with E-state index in [2.05, 4.69) is 53.0 Å². The molecule has 0 aliphatic heterocycles. The molecule has 0 saturated carbocycles. The third kappa shape index (κ3) is 1.78. The summed E-state index contributed by atoms with van der Waals surface area (Å²) in [7, 11) is 0. The summed E-state index contributed by atoms with van der Waals surface area (Å²) in [5.41, 5.74) is 6.15. The second kappa shape index (κ2) is 3.93. The summed E-state index contributed by atoms with van der Waals surface area (Å²) in [6, 6.07) is 6.48. The predicted octanol–water partition coefficient (Wildman–Crippen LogP) is 4.05. The van der Waals surface area contributed by atoms with Crippen LogP contribution in [0.5, 0.6) is 0 Å². The first kappa shape index (κ1) is 10.6. The lowest BCUT2D eigenvalue weighted by Crippen LogP contribution is -1.93. The summed E-state index contributed by atoms with van der Waals surface area (Å²) in [5, 5.41) is 2.15. The van der Waals surface area contributed by atoms with Crippen LogP contribution in [0.4, 0.5) is 0 Å². The molecule has 2 heteroatoms. The Labute approximate surface area is 98.7 Å². The van der Waals surface area contributed by atoms with E-state index in [0.717, 1.165) is 16.5 Å². The summed E-state index contributed by atoms with van der Waals surface area (Å²) < 4.78 is 0. The molecule has 78 valence electrons. The second-order valence-electron chi connectivity index (χ2n) is 3.96. The molecule has 0 atom stereocenters. The third-order valence-electron chi connectivity index (χ3n) is 2.86. The van der Waals surface area contributed by atoms with Crippen molar-refractivity contribution < 1.29 is 0 Å². The zero-order valence-electron chi connectivity index (χ0n) is 9.26. The molecule has 15 heavy (non-hydrogen) atoms. The van der Waals surface area contributed by atoms with Gasteiger partial charge in [-0.05, 0) is 43.5 Å². The largest absolute Gasteiger partial charge is 0.253 e. The van der Waals surface area contributed by atoms with Crippen molar-refractivity contribution in [2.24, 2.45) is 0 Å². The molecule has 0 spiro atoms. The van der Waals surface area contributed by atoms with Crippen molar-refractivity contribution in [2.75, 3.05) is 0 Å². The van der Waals surface area contributed by atoms with Crippen molar-refractivity contribution in [2.45, 2.75) is 26.1 Å². The van der Waals surface area contributed by atoms with Crippen LogP contribution in [-0.2, 0) is 5.33 Å². The Morgan fingerprint density at radius 2 is 1.93 bits per heavy atom. The first-order valence-corrected chi connectivity index (χ1v) is 6.18. The van der Waals surface area contributed by atoms with E-state index >= 15 is 0 Å². The lowest BCUT2D eigenvalue weighted by Gasteiger charge is -2.09. The Morgan fingerprint density at radius 3 is 2.60 bits per heavy atom. The molecule has 0 fully saturated rings. The standard InChI is InChI=1S/C13H14BrN/c1-8-4-5-12-11(7-14)6-9(2)15-13(12)10(8)3/h4-6H,7H2,1-3H3. The van der Waals surface area contributed by atoms with E-state index in [1.165, 1.54) is 22.1 Å².